The maximum Gasteiger partial charge on any atom is 0.254 e. The van der Waals surface area contributed by atoms with Crippen LogP contribution in [0.1, 0.15) is 41.3 Å². The summed E-state index contributed by atoms with van der Waals surface area (Å²) in [5.74, 6) is -0.356. The second-order valence-electron chi connectivity index (χ2n) is 5.57. The zero-order valence-electron chi connectivity index (χ0n) is 13.9. The topological polar surface area (TPSA) is 46.3 Å². The first-order chi connectivity index (χ1) is 11.2. The summed E-state index contributed by atoms with van der Waals surface area (Å²) in [5, 5.41) is 0. The van der Waals surface area contributed by atoms with Gasteiger partial charge in [0.2, 0.25) is 0 Å². The quantitative estimate of drug-likeness (QED) is 0.815. The van der Waals surface area contributed by atoms with Crippen molar-refractivity contribution < 1.29 is 9.18 Å². The molecule has 1 amide bonds. The van der Waals surface area contributed by atoms with Crippen molar-refractivity contribution >= 4 is 18.3 Å². The minimum atomic E-state index is -0.278. The number of carbonyl (C=O) groups excluding carboxylic acids is 1. The number of nitrogens with zero attached hydrogens (tertiary/aromatic N) is 1. The SMILES string of the molecule is CCCCN(Cc1ccccc1F)C(=O)c1ccc(CN)cc1.Cl. The van der Waals surface area contributed by atoms with E-state index in [4.69, 9.17) is 5.73 Å². The fraction of sp³-hybridized carbons (Fsp3) is 0.316. The van der Waals surface area contributed by atoms with Crippen LogP contribution in [0.5, 0.6) is 0 Å². The maximum absolute atomic E-state index is 13.9. The predicted octanol–water partition coefficient (Wildman–Crippen LogP) is 4.15. The summed E-state index contributed by atoms with van der Waals surface area (Å²) in [5.41, 5.74) is 7.71. The van der Waals surface area contributed by atoms with Gasteiger partial charge in [0, 0.05) is 30.8 Å². The van der Waals surface area contributed by atoms with Gasteiger partial charge in [-0.05, 0) is 30.2 Å². The first kappa shape index (κ1) is 20.1. The van der Waals surface area contributed by atoms with Gasteiger partial charge in [-0.3, -0.25) is 4.79 Å². The molecule has 0 saturated heterocycles. The highest BCUT2D eigenvalue weighted by Crippen LogP contribution is 2.14. The lowest BCUT2D eigenvalue weighted by atomic mass is 10.1. The lowest BCUT2D eigenvalue weighted by Gasteiger charge is -2.23. The minimum absolute atomic E-state index is 0. The van der Waals surface area contributed by atoms with Crippen molar-refractivity contribution in [3.05, 3.63) is 71.0 Å². The van der Waals surface area contributed by atoms with Gasteiger partial charge in [-0.25, -0.2) is 4.39 Å². The highest BCUT2D eigenvalue weighted by molar-refractivity contribution is 5.94. The molecule has 2 aromatic rings. The second-order valence-corrected chi connectivity index (χ2v) is 5.57. The molecule has 130 valence electrons. The molecule has 0 aliphatic rings. The van der Waals surface area contributed by atoms with Crippen LogP contribution in [0.2, 0.25) is 0 Å². The van der Waals surface area contributed by atoms with Crippen LogP contribution in [0.25, 0.3) is 0 Å². The molecule has 2 N–H and O–H groups in total. The van der Waals surface area contributed by atoms with Gasteiger partial charge in [-0.15, -0.1) is 12.4 Å². The Hall–Kier alpha value is -1.91. The van der Waals surface area contributed by atoms with E-state index in [9.17, 15) is 9.18 Å². The van der Waals surface area contributed by atoms with E-state index in [0.717, 1.165) is 18.4 Å². The van der Waals surface area contributed by atoms with Gasteiger partial charge in [0.15, 0.2) is 0 Å². The van der Waals surface area contributed by atoms with Gasteiger partial charge in [0.1, 0.15) is 5.82 Å². The van der Waals surface area contributed by atoms with Crippen molar-refractivity contribution in [2.24, 2.45) is 5.73 Å². The summed E-state index contributed by atoms with van der Waals surface area (Å²) in [7, 11) is 0. The first-order valence-electron chi connectivity index (χ1n) is 7.97. The van der Waals surface area contributed by atoms with Gasteiger partial charge in [-0.1, -0.05) is 43.7 Å². The first-order valence-corrected chi connectivity index (χ1v) is 7.97. The highest BCUT2D eigenvalue weighted by atomic mass is 35.5. The molecule has 5 heteroatoms. The Labute approximate surface area is 149 Å². The Morgan fingerprint density at radius 2 is 1.79 bits per heavy atom. The van der Waals surface area contributed by atoms with E-state index in [1.54, 1.807) is 35.2 Å². The molecule has 24 heavy (non-hydrogen) atoms. The molecule has 0 unspecified atom stereocenters. The molecule has 2 rings (SSSR count). The van der Waals surface area contributed by atoms with Gasteiger partial charge >= 0.3 is 0 Å². The number of nitrogens with two attached hydrogens (primary N) is 1. The summed E-state index contributed by atoms with van der Waals surface area (Å²) >= 11 is 0. The van der Waals surface area contributed by atoms with E-state index < -0.39 is 0 Å². The third-order valence-corrected chi connectivity index (χ3v) is 3.82. The van der Waals surface area contributed by atoms with Gasteiger partial charge in [-0.2, -0.15) is 0 Å². The fourth-order valence-electron chi connectivity index (χ4n) is 2.40. The minimum Gasteiger partial charge on any atom is -0.334 e. The molecule has 0 aliphatic heterocycles. The summed E-state index contributed by atoms with van der Waals surface area (Å²) < 4.78 is 13.9. The second kappa shape index (κ2) is 10.1. The number of rotatable bonds is 7. The summed E-state index contributed by atoms with van der Waals surface area (Å²) in [6.45, 7) is 3.41. The molecule has 0 aliphatic carbocycles. The number of hydrogen-bond donors (Lipinski definition) is 1. The van der Waals surface area contributed by atoms with E-state index >= 15 is 0 Å². The van der Waals surface area contributed by atoms with Gasteiger partial charge < -0.3 is 10.6 Å². The van der Waals surface area contributed by atoms with E-state index in [1.807, 2.05) is 12.1 Å². The van der Waals surface area contributed by atoms with Crippen molar-refractivity contribution in [1.82, 2.24) is 4.90 Å². The average molecular weight is 351 g/mol. The smallest absolute Gasteiger partial charge is 0.254 e. The lowest BCUT2D eigenvalue weighted by molar-refractivity contribution is 0.0739. The third-order valence-electron chi connectivity index (χ3n) is 3.82. The summed E-state index contributed by atoms with van der Waals surface area (Å²) in [4.78, 5) is 14.4. The van der Waals surface area contributed by atoms with Crippen LogP contribution in [0.3, 0.4) is 0 Å². The predicted molar refractivity (Wildman–Crippen MR) is 97.6 cm³/mol. The van der Waals surface area contributed by atoms with Gasteiger partial charge in [0.05, 0.1) is 0 Å². The largest absolute Gasteiger partial charge is 0.334 e. The molecule has 2 aromatic carbocycles. The zero-order valence-corrected chi connectivity index (χ0v) is 14.7. The van der Waals surface area contributed by atoms with Crippen molar-refractivity contribution in [2.75, 3.05) is 6.54 Å². The normalized spacial score (nSPS) is 10.1. The van der Waals surface area contributed by atoms with Crippen molar-refractivity contribution in [1.29, 1.82) is 0 Å². The maximum atomic E-state index is 13.9. The molecule has 0 radical (unpaired) electrons. The molecular formula is C19H24ClFN2O. The van der Waals surface area contributed by atoms with Crippen LogP contribution in [0, 0.1) is 5.82 Å². The standard InChI is InChI=1S/C19H23FN2O.ClH/c1-2-3-12-22(14-17-6-4-5-7-18(17)20)19(23)16-10-8-15(13-21)9-11-16;/h4-11H,2-3,12-14,21H2,1H3;1H. The molecule has 0 spiro atoms. The molecule has 0 saturated carbocycles. The third kappa shape index (κ3) is 5.32. The Morgan fingerprint density at radius 3 is 2.38 bits per heavy atom. The zero-order chi connectivity index (χ0) is 16.7. The van der Waals surface area contributed by atoms with E-state index in [2.05, 4.69) is 6.92 Å². The lowest BCUT2D eigenvalue weighted by Crippen LogP contribution is -2.31. The van der Waals surface area contributed by atoms with Crippen LogP contribution >= 0.6 is 12.4 Å². The number of unbranched alkanes of at least 4 members (excludes halogenated alkanes) is 1. The van der Waals surface area contributed by atoms with Crippen LogP contribution in [-0.4, -0.2) is 17.4 Å². The number of halogens is 2. The Kier molecular flexibility index (Phi) is 8.44. The highest BCUT2D eigenvalue weighted by Gasteiger charge is 2.17. The number of benzene rings is 2. The molecular weight excluding hydrogens is 327 g/mol. The Balaban J connectivity index is 0.00000288. The van der Waals surface area contributed by atoms with Gasteiger partial charge in [0.25, 0.3) is 5.91 Å². The molecule has 3 nitrogen and oxygen atoms in total. The molecule has 0 aromatic heterocycles. The number of carbonyl (C=O) groups is 1. The number of amides is 1. The fourth-order valence-corrected chi connectivity index (χ4v) is 2.40. The van der Waals surface area contributed by atoms with Crippen LogP contribution in [0.4, 0.5) is 4.39 Å². The summed E-state index contributed by atoms with van der Waals surface area (Å²) in [6.07, 6.45) is 1.87. The monoisotopic (exact) mass is 350 g/mol. The van der Waals surface area contributed by atoms with Crippen LogP contribution in [0.15, 0.2) is 48.5 Å². The Morgan fingerprint density at radius 1 is 1.12 bits per heavy atom. The van der Waals surface area contributed by atoms with E-state index in [1.165, 1.54) is 6.07 Å². The molecule has 0 heterocycles. The Bertz CT molecular complexity index is 646. The van der Waals surface area contributed by atoms with E-state index in [0.29, 0.717) is 24.2 Å². The average Bonchev–Trinajstić information content (AvgIpc) is 2.59. The van der Waals surface area contributed by atoms with Crippen molar-refractivity contribution in [3.8, 4) is 0 Å². The molecule has 0 atom stereocenters. The van der Waals surface area contributed by atoms with Crippen LogP contribution < -0.4 is 5.73 Å². The molecule has 0 fully saturated rings. The molecule has 0 bridgehead atoms. The summed E-state index contributed by atoms with van der Waals surface area (Å²) in [6, 6.07) is 13.9. The van der Waals surface area contributed by atoms with Crippen LogP contribution in [-0.2, 0) is 13.1 Å². The van der Waals surface area contributed by atoms with E-state index in [-0.39, 0.29) is 30.7 Å². The number of hydrogen-bond acceptors (Lipinski definition) is 2. The van der Waals surface area contributed by atoms with Crippen molar-refractivity contribution in [2.45, 2.75) is 32.9 Å². The van der Waals surface area contributed by atoms with Crippen molar-refractivity contribution in [3.63, 3.8) is 0 Å².